The van der Waals surface area contributed by atoms with Crippen LogP contribution >= 0.6 is 15.9 Å². The lowest BCUT2D eigenvalue weighted by Gasteiger charge is -2.10. The zero-order valence-electron chi connectivity index (χ0n) is 12.8. The standard InChI is InChI=1S/C17H10BrF3N2O2/c1-9-3-2-4-13(14(9)18)25-16(24)15-11-6-5-10(17(19,20)21)7-12(11)22-8-23-15/h2-8H,1H3. The van der Waals surface area contributed by atoms with Crippen LogP contribution in [0.5, 0.6) is 5.75 Å². The summed E-state index contributed by atoms with van der Waals surface area (Å²) in [6.07, 6.45) is -3.46. The number of halogens is 4. The van der Waals surface area contributed by atoms with Gasteiger partial charge in [0.1, 0.15) is 12.1 Å². The van der Waals surface area contributed by atoms with E-state index in [2.05, 4.69) is 25.9 Å². The minimum atomic E-state index is -4.49. The van der Waals surface area contributed by atoms with Gasteiger partial charge in [0, 0.05) is 5.39 Å². The number of aromatic nitrogens is 2. The first-order chi connectivity index (χ1) is 11.8. The van der Waals surface area contributed by atoms with Crippen LogP contribution in [0.1, 0.15) is 21.6 Å². The van der Waals surface area contributed by atoms with E-state index < -0.39 is 17.7 Å². The lowest BCUT2D eigenvalue weighted by Crippen LogP contribution is -2.12. The van der Waals surface area contributed by atoms with E-state index in [9.17, 15) is 18.0 Å². The molecular formula is C17H10BrF3N2O2. The van der Waals surface area contributed by atoms with Gasteiger partial charge in [-0.25, -0.2) is 14.8 Å². The van der Waals surface area contributed by atoms with E-state index in [1.807, 2.05) is 13.0 Å². The molecule has 3 aromatic rings. The van der Waals surface area contributed by atoms with Crippen molar-refractivity contribution in [2.75, 3.05) is 0 Å². The molecule has 0 radical (unpaired) electrons. The summed E-state index contributed by atoms with van der Waals surface area (Å²) in [5.41, 5.74) is -0.0701. The average molecular weight is 411 g/mol. The van der Waals surface area contributed by atoms with E-state index in [1.54, 1.807) is 12.1 Å². The number of hydrogen-bond acceptors (Lipinski definition) is 4. The fourth-order valence-corrected chi connectivity index (χ4v) is 2.59. The molecule has 0 bridgehead atoms. The van der Waals surface area contributed by atoms with E-state index in [0.29, 0.717) is 10.2 Å². The van der Waals surface area contributed by atoms with Crippen molar-refractivity contribution in [2.24, 2.45) is 0 Å². The van der Waals surface area contributed by atoms with Gasteiger partial charge in [0.05, 0.1) is 15.6 Å². The summed E-state index contributed by atoms with van der Waals surface area (Å²) in [5.74, 6) is -0.484. The normalized spacial score (nSPS) is 11.6. The summed E-state index contributed by atoms with van der Waals surface area (Å²) in [6.45, 7) is 1.83. The molecule has 4 nitrogen and oxygen atoms in total. The zero-order chi connectivity index (χ0) is 18.2. The molecule has 25 heavy (non-hydrogen) atoms. The number of nitrogens with zero attached hydrogens (tertiary/aromatic N) is 2. The smallest absolute Gasteiger partial charge is 0.416 e. The predicted octanol–water partition coefficient (Wildman–Crippen LogP) is 4.94. The molecule has 1 aromatic heterocycles. The van der Waals surface area contributed by atoms with Crippen LogP contribution in [0.15, 0.2) is 47.2 Å². The van der Waals surface area contributed by atoms with Gasteiger partial charge in [-0.15, -0.1) is 0 Å². The van der Waals surface area contributed by atoms with E-state index in [4.69, 9.17) is 4.74 Å². The minimum absolute atomic E-state index is 0.0140. The number of esters is 1. The second kappa shape index (κ2) is 6.44. The molecule has 1 heterocycles. The van der Waals surface area contributed by atoms with Crippen molar-refractivity contribution >= 4 is 32.8 Å². The number of alkyl halides is 3. The summed E-state index contributed by atoms with van der Waals surface area (Å²) in [7, 11) is 0. The summed E-state index contributed by atoms with van der Waals surface area (Å²) in [6, 6.07) is 8.07. The van der Waals surface area contributed by atoms with Crippen molar-refractivity contribution < 1.29 is 22.7 Å². The van der Waals surface area contributed by atoms with Crippen LogP contribution in [0.2, 0.25) is 0 Å². The highest BCUT2D eigenvalue weighted by atomic mass is 79.9. The van der Waals surface area contributed by atoms with Crippen LogP contribution in [0.3, 0.4) is 0 Å². The van der Waals surface area contributed by atoms with Gasteiger partial charge in [-0.1, -0.05) is 12.1 Å². The molecule has 0 spiro atoms. The van der Waals surface area contributed by atoms with Gasteiger partial charge in [-0.05, 0) is 52.7 Å². The Morgan fingerprint density at radius 2 is 1.92 bits per heavy atom. The third-order valence-corrected chi connectivity index (χ3v) is 4.53. The first kappa shape index (κ1) is 17.3. The molecule has 128 valence electrons. The molecular weight excluding hydrogens is 401 g/mol. The van der Waals surface area contributed by atoms with Crippen molar-refractivity contribution in [2.45, 2.75) is 13.1 Å². The molecule has 0 saturated heterocycles. The van der Waals surface area contributed by atoms with Gasteiger partial charge < -0.3 is 4.74 Å². The van der Waals surface area contributed by atoms with Crippen LogP contribution in [-0.2, 0) is 6.18 Å². The molecule has 0 N–H and O–H groups in total. The Morgan fingerprint density at radius 1 is 1.16 bits per heavy atom. The Morgan fingerprint density at radius 3 is 2.64 bits per heavy atom. The van der Waals surface area contributed by atoms with Crippen LogP contribution in [-0.4, -0.2) is 15.9 Å². The average Bonchev–Trinajstić information content (AvgIpc) is 2.57. The van der Waals surface area contributed by atoms with Gasteiger partial charge in [-0.2, -0.15) is 13.2 Å². The first-order valence-electron chi connectivity index (χ1n) is 7.06. The van der Waals surface area contributed by atoms with Crippen LogP contribution in [0.4, 0.5) is 13.2 Å². The molecule has 0 atom stereocenters. The van der Waals surface area contributed by atoms with Gasteiger partial charge in [0.2, 0.25) is 0 Å². The fourth-order valence-electron chi connectivity index (χ4n) is 2.24. The number of carbonyl (C=O) groups is 1. The van der Waals surface area contributed by atoms with Crippen molar-refractivity contribution in [3.8, 4) is 5.75 Å². The van der Waals surface area contributed by atoms with Gasteiger partial charge >= 0.3 is 12.1 Å². The highest BCUT2D eigenvalue weighted by Crippen LogP contribution is 2.32. The molecule has 0 saturated carbocycles. The quantitative estimate of drug-likeness (QED) is 0.443. The molecule has 0 unspecified atom stereocenters. The molecule has 0 aliphatic carbocycles. The molecule has 0 aliphatic heterocycles. The Hall–Kier alpha value is -2.48. The maximum absolute atomic E-state index is 12.8. The summed E-state index contributed by atoms with van der Waals surface area (Å²) in [4.78, 5) is 20.1. The number of aryl methyl sites for hydroxylation is 1. The van der Waals surface area contributed by atoms with Crippen molar-refractivity contribution in [1.29, 1.82) is 0 Å². The second-order valence-electron chi connectivity index (χ2n) is 5.23. The molecule has 8 heteroatoms. The van der Waals surface area contributed by atoms with Crippen molar-refractivity contribution in [3.05, 3.63) is 64.0 Å². The Labute approximate surface area is 148 Å². The van der Waals surface area contributed by atoms with E-state index >= 15 is 0 Å². The monoisotopic (exact) mass is 410 g/mol. The third kappa shape index (κ3) is 3.48. The second-order valence-corrected chi connectivity index (χ2v) is 6.02. The maximum Gasteiger partial charge on any atom is 0.416 e. The van der Waals surface area contributed by atoms with E-state index in [0.717, 1.165) is 24.0 Å². The SMILES string of the molecule is Cc1cccc(OC(=O)c2ncnc3cc(C(F)(F)F)ccc23)c1Br. The Bertz CT molecular complexity index is 974. The lowest BCUT2D eigenvalue weighted by molar-refractivity contribution is -0.137. The van der Waals surface area contributed by atoms with Gasteiger partial charge in [0.15, 0.2) is 5.69 Å². The number of benzene rings is 2. The molecule has 0 aliphatic rings. The van der Waals surface area contributed by atoms with Crippen molar-refractivity contribution in [3.63, 3.8) is 0 Å². The number of carbonyl (C=O) groups excluding carboxylic acids is 1. The Balaban J connectivity index is 2.01. The molecule has 0 amide bonds. The summed E-state index contributed by atoms with van der Waals surface area (Å²) < 4.78 is 44.3. The molecule has 0 fully saturated rings. The zero-order valence-corrected chi connectivity index (χ0v) is 14.4. The van der Waals surface area contributed by atoms with Crippen LogP contribution < -0.4 is 4.74 Å². The van der Waals surface area contributed by atoms with E-state index in [1.165, 1.54) is 6.07 Å². The largest absolute Gasteiger partial charge is 0.421 e. The van der Waals surface area contributed by atoms with Gasteiger partial charge in [0.25, 0.3) is 0 Å². The minimum Gasteiger partial charge on any atom is -0.421 e. The van der Waals surface area contributed by atoms with Gasteiger partial charge in [-0.3, -0.25) is 0 Å². The maximum atomic E-state index is 12.8. The topological polar surface area (TPSA) is 52.1 Å². The van der Waals surface area contributed by atoms with E-state index in [-0.39, 0.29) is 16.6 Å². The summed E-state index contributed by atoms with van der Waals surface area (Å²) >= 11 is 3.33. The van der Waals surface area contributed by atoms with Crippen LogP contribution in [0.25, 0.3) is 10.9 Å². The van der Waals surface area contributed by atoms with Crippen molar-refractivity contribution in [1.82, 2.24) is 9.97 Å². The number of ether oxygens (including phenoxy) is 1. The lowest BCUT2D eigenvalue weighted by atomic mass is 10.1. The number of fused-ring (bicyclic) bond motifs is 1. The van der Waals surface area contributed by atoms with Crippen LogP contribution in [0, 0.1) is 6.92 Å². The molecule has 3 rings (SSSR count). The Kier molecular flexibility index (Phi) is 4.47. The highest BCUT2D eigenvalue weighted by Gasteiger charge is 2.31. The highest BCUT2D eigenvalue weighted by molar-refractivity contribution is 9.10. The first-order valence-corrected chi connectivity index (χ1v) is 7.86. The number of hydrogen-bond donors (Lipinski definition) is 0. The number of rotatable bonds is 2. The third-order valence-electron chi connectivity index (χ3n) is 3.52. The summed E-state index contributed by atoms with van der Waals surface area (Å²) in [5, 5.41) is 0.185. The fraction of sp³-hybridized carbons (Fsp3) is 0.118. The predicted molar refractivity (Wildman–Crippen MR) is 88.4 cm³/mol. The molecule has 2 aromatic carbocycles.